The number of ether oxygens (including phenoxy) is 1. The van der Waals surface area contributed by atoms with Gasteiger partial charge in [0.25, 0.3) is 0 Å². The number of rotatable bonds is 1. The van der Waals surface area contributed by atoms with Gasteiger partial charge in [-0.3, -0.25) is 4.79 Å². The first-order valence-corrected chi connectivity index (χ1v) is 10.6. The molecule has 1 spiro atoms. The van der Waals surface area contributed by atoms with E-state index in [2.05, 4.69) is 37.3 Å². The molecule has 0 amide bonds. The molecular formula is C25H28O2. The largest absolute Gasteiger partial charge is 0.486 e. The molecule has 27 heavy (non-hydrogen) atoms. The van der Waals surface area contributed by atoms with Crippen molar-refractivity contribution in [1.82, 2.24) is 0 Å². The van der Waals surface area contributed by atoms with Gasteiger partial charge in [0.1, 0.15) is 11.4 Å². The van der Waals surface area contributed by atoms with Crippen LogP contribution in [-0.2, 0) is 0 Å². The molecule has 2 nitrogen and oxygen atoms in total. The van der Waals surface area contributed by atoms with Crippen molar-refractivity contribution in [3.8, 4) is 16.9 Å². The Labute approximate surface area is 161 Å². The first kappa shape index (κ1) is 17.0. The normalized spacial score (nSPS) is 29.7. The molecule has 5 rings (SSSR count). The Kier molecular flexibility index (Phi) is 4.11. The van der Waals surface area contributed by atoms with Crippen molar-refractivity contribution >= 4 is 5.78 Å². The van der Waals surface area contributed by atoms with Crippen LogP contribution in [0.5, 0.6) is 5.75 Å². The monoisotopic (exact) mass is 360 g/mol. The molecule has 2 aromatic rings. The molecule has 2 aliphatic carbocycles. The number of carbonyl (C=O) groups excluding carboxylic acids is 1. The number of hydrogen-bond donors (Lipinski definition) is 0. The van der Waals surface area contributed by atoms with E-state index in [0.29, 0.717) is 12.3 Å². The molecule has 0 saturated heterocycles. The topological polar surface area (TPSA) is 26.3 Å². The maximum Gasteiger partial charge on any atom is 0.170 e. The van der Waals surface area contributed by atoms with Crippen LogP contribution < -0.4 is 4.74 Å². The lowest BCUT2D eigenvalue weighted by molar-refractivity contribution is -0.0721. The first-order chi connectivity index (χ1) is 13.1. The predicted octanol–water partition coefficient (Wildman–Crippen LogP) is 6.36. The summed E-state index contributed by atoms with van der Waals surface area (Å²) in [7, 11) is 0. The van der Waals surface area contributed by atoms with E-state index in [1.807, 2.05) is 12.1 Å². The fourth-order valence-electron chi connectivity index (χ4n) is 5.90. The third-order valence-corrected chi connectivity index (χ3v) is 7.16. The van der Waals surface area contributed by atoms with Crippen LogP contribution in [0.2, 0.25) is 0 Å². The van der Waals surface area contributed by atoms with Gasteiger partial charge in [-0.1, -0.05) is 55.2 Å². The third kappa shape index (κ3) is 2.90. The third-order valence-electron chi connectivity index (χ3n) is 7.16. The number of fused-ring (bicyclic) bond motifs is 3. The van der Waals surface area contributed by atoms with Crippen molar-refractivity contribution < 1.29 is 9.53 Å². The van der Waals surface area contributed by atoms with E-state index in [0.717, 1.165) is 34.8 Å². The average molecular weight is 360 g/mol. The summed E-state index contributed by atoms with van der Waals surface area (Å²) in [6.07, 6.45) is 9.32. The first-order valence-electron chi connectivity index (χ1n) is 10.6. The Morgan fingerprint density at radius 3 is 2.67 bits per heavy atom. The summed E-state index contributed by atoms with van der Waals surface area (Å²) in [6, 6.07) is 14.6. The van der Waals surface area contributed by atoms with Crippen LogP contribution in [0, 0.1) is 18.8 Å². The second kappa shape index (κ2) is 6.51. The molecule has 2 aromatic carbocycles. The van der Waals surface area contributed by atoms with E-state index in [1.165, 1.54) is 44.1 Å². The maximum atomic E-state index is 13.2. The van der Waals surface area contributed by atoms with Crippen molar-refractivity contribution in [3.05, 3.63) is 53.6 Å². The minimum Gasteiger partial charge on any atom is -0.486 e. The molecule has 0 radical (unpaired) electrons. The van der Waals surface area contributed by atoms with Crippen LogP contribution in [0.15, 0.2) is 42.5 Å². The quantitative estimate of drug-likeness (QED) is 0.592. The number of carbonyl (C=O) groups is 1. The number of ketones is 1. The van der Waals surface area contributed by atoms with Gasteiger partial charge in [0.2, 0.25) is 0 Å². The molecule has 140 valence electrons. The molecule has 0 aromatic heterocycles. The molecule has 3 aliphatic rings. The van der Waals surface area contributed by atoms with Crippen LogP contribution in [0.3, 0.4) is 0 Å². The lowest BCUT2D eigenvalue weighted by Crippen LogP contribution is -2.53. The minimum atomic E-state index is -0.238. The van der Waals surface area contributed by atoms with E-state index in [4.69, 9.17) is 4.74 Å². The predicted molar refractivity (Wildman–Crippen MR) is 108 cm³/mol. The highest BCUT2D eigenvalue weighted by atomic mass is 16.5. The molecule has 3 unspecified atom stereocenters. The lowest BCUT2D eigenvalue weighted by atomic mass is 9.61. The zero-order valence-corrected chi connectivity index (χ0v) is 16.2. The molecule has 0 bridgehead atoms. The van der Waals surface area contributed by atoms with Gasteiger partial charge in [-0.25, -0.2) is 0 Å². The summed E-state index contributed by atoms with van der Waals surface area (Å²) in [4.78, 5) is 13.2. The van der Waals surface area contributed by atoms with Gasteiger partial charge < -0.3 is 4.74 Å². The summed E-state index contributed by atoms with van der Waals surface area (Å²) >= 11 is 0. The summed E-state index contributed by atoms with van der Waals surface area (Å²) < 4.78 is 6.69. The Morgan fingerprint density at radius 1 is 0.963 bits per heavy atom. The number of aryl methyl sites for hydroxylation is 1. The van der Waals surface area contributed by atoms with Gasteiger partial charge in [-0.2, -0.15) is 0 Å². The van der Waals surface area contributed by atoms with Gasteiger partial charge >= 0.3 is 0 Å². The molecular weight excluding hydrogens is 332 g/mol. The molecule has 1 heterocycles. The zero-order chi connectivity index (χ0) is 18.4. The number of benzene rings is 2. The van der Waals surface area contributed by atoms with Crippen molar-refractivity contribution in [2.24, 2.45) is 11.8 Å². The average Bonchev–Trinajstić information content (AvgIpc) is 2.68. The molecule has 2 heteroatoms. The zero-order valence-electron chi connectivity index (χ0n) is 16.2. The summed E-state index contributed by atoms with van der Waals surface area (Å²) in [5.74, 6) is 2.41. The van der Waals surface area contributed by atoms with Crippen molar-refractivity contribution in [3.63, 3.8) is 0 Å². The van der Waals surface area contributed by atoms with E-state index in [9.17, 15) is 4.79 Å². The Hall–Kier alpha value is -2.09. The summed E-state index contributed by atoms with van der Waals surface area (Å²) in [5.41, 5.74) is 4.04. The van der Waals surface area contributed by atoms with Crippen LogP contribution in [0.1, 0.15) is 67.3 Å². The molecule has 3 atom stereocenters. The molecule has 2 saturated carbocycles. The highest BCUT2D eigenvalue weighted by Gasteiger charge is 2.51. The summed E-state index contributed by atoms with van der Waals surface area (Å²) in [6.45, 7) is 2.10. The standard InChI is InChI=1S/C25H28O2/c1-17-6-4-8-19(14-17)20-11-12-24-21(15-20)23(26)16-25(27-24)13-5-9-18-7-2-3-10-22(18)25/h4,6,8,11-12,14-15,18,22H,2-3,5,7,9-10,13,16H2,1H3. The summed E-state index contributed by atoms with van der Waals surface area (Å²) in [5, 5.41) is 0. The second-order valence-corrected chi connectivity index (χ2v) is 8.89. The van der Waals surface area contributed by atoms with Gasteiger partial charge in [0.05, 0.1) is 12.0 Å². The van der Waals surface area contributed by atoms with Crippen molar-refractivity contribution in [2.75, 3.05) is 0 Å². The van der Waals surface area contributed by atoms with Gasteiger partial charge in [-0.05, 0) is 61.8 Å². The number of Topliss-reactive ketones (excluding diaryl/α,β-unsaturated/α-hetero) is 1. The molecule has 2 fully saturated rings. The fourth-order valence-corrected chi connectivity index (χ4v) is 5.90. The van der Waals surface area contributed by atoms with Crippen LogP contribution in [0.25, 0.3) is 11.1 Å². The van der Waals surface area contributed by atoms with Crippen LogP contribution in [-0.4, -0.2) is 11.4 Å². The molecule has 0 N–H and O–H groups in total. The lowest BCUT2D eigenvalue weighted by Gasteiger charge is -2.51. The van der Waals surface area contributed by atoms with Crippen LogP contribution >= 0.6 is 0 Å². The highest BCUT2D eigenvalue weighted by Crippen LogP contribution is 2.52. The van der Waals surface area contributed by atoms with E-state index >= 15 is 0 Å². The Bertz CT molecular complexity index is 882. The smallest absolute Gasteiger partial charge is 0.170 e. The Balaban J connectivity index is 1.50. The van der Waals surface area contributed by atoms with Crippen molar-refractivity contribution in [2.45, 2.75) is 63.9 Å². The highest BCUT2D eigenvalue weighted by molar-refractivity contribution is 6.01. The van der Waals surface area contributed by atoms with E-state index in [1.54, 1.807) is 0 Å². The Morgan fingerprint density at radius 2 is 1.78 bits per heavy atom. The van der Waals surface area contributed by atoms with E-state index < -0.39 is 0 Å². The SMILES string of the molecule is Cc1cccc(-c2ccc3c(c2)C(=O)CC2(CCCC4CCCCC42)O3)c1. The van der Waals surface area contributed by atoms with Crippen LogP contribution in [0.4, 0.5) is 0 Å². The number of hydrogen-bond acceptors (Lipinski definition) is 2. The minimum absolute atomic E-state index is 0.238. The van der Waals surface area contributed by atoms with E-state index in [-0.39, 0.29) is 11.4 Å². The van der Waals surface area contributed by atoms with Gasteiger partial charge in [0.15, 0.2) is 5.78 Å². The van der Waals surface area contributed by atoms with Gasteiger partial charge in [0, 0.05) is 5.92 Å². The maximum absolute atomic E-state index is 13.2. The second-order valence-electron chi connectivity index (χ2n) is 8.89. The fraction of sp³-hybridized carbons (Fsp3) is 0.480. The van der Waals surface area contributed by atoms with Crippen molar-refractivity contribution in [1.29, 1.82) is 0 Å². The van der Waals surface area contributed by atoms with Gasteiger partial charge in [-0.15, -0.1) is 0 Å². The molecule has 1 aliphatic heterocycles.